The summed E-state index contributed by atoms with van der Waals surface area (Å²) in [6.45, 7) is 0. The predicted molar refractivity (Wildman–Crippen MR) is 116 cm³/mol. The number of aromatic nitrogens is 2. The molecule has 11 nitrogen and oxygen atoms in total. The third-order valence-corrected chi connectivity index (χ3v) is 4.73. The maximum absolute atomic E-state index is 11.8. The van der Waals surface area contributed by atoms with Gasteiger partial charge in [-0.1, -0.05) is 6.07 Å². The molecule has 0 spiro atoms. The van der Waals surface area contributed by atoms with Crippen molar-refractivity contribution in [2.75, 3.05) is 16.1 Å². The van der Waals surface area contributed by atoms with E-state index in [-0.39, 0.29) is 29.4 Å². The largest absolute Gasteiger partial charge is 0.391 e. The number of carbonyl (C=O) groups is 1. The molecule has 1 aromatic carbocycles. The van der Waals surface area contributed by atoms with E-state index in [1.807, 2.05) is 0 Å². The molecule has 3 atom stereocenters. The van der Waals surface area contributed by atoms with Crippen molar-refractivity contribution in [1.82, 2.24) is 9.97 Å². The van der Waals surface area contributed by atoms with Crippen LogP contribution in [0.1, 0.15) is 29.6 Å². The fourth-order valence-electron chi connectivity index (χ4n) is 3.24. The molecule has 1 heterocycles. The SMILES string of the molecule is N=CC=NNc1cccc(Nc2nc(NC3C(N)CCCC3O)ncc2C(N)=O)c1. The van der Waals surface area contributed by atoms with Gasteiger partial charge in [-0.25, -0.2) is 4.98 Å². The first-order chi connectivity index (χ1) is 14.5. The number of nitrogens with zero attached hydrogens (tertiary/aromatic N) is 3. The average Bonchev–Trinajstić information content (AvgIpc) is 2.71. The van der Waals surface area contributed by atoms with E-state index in [9.17, 15) is 9.90 Å². The molecule has 0 aliphatic heterocycles. The zero-order valence-corrected chi connectivity index (χ0v) is 16.2. The number of carbonyl (C=O) groups excluding carboxylic acids is 1. The Morgan fingerprint density at radius 1 is 1.33 bits per heavy atom. The Bertz CT molecular complexity index is 924. The molecule has 1 amide bonds. The fourth-order valence-corrected chi connectivity index (χ4v) is 3.24. The number of aliphatic hydroxyl groups is 1. The van der Waals surface area contributed by atoms with Crippen LogP contribution in [0.2, 0.25) is 0 Å². The van der Waals surface area contributed by atoms with Crippen LogP contribution in [-0.4, -0.2) is 51.6 Å². The van der Waals surface area contributed by atoms with Crippen LogP contribution in [0, 0.1) is 5.41 Å². The standard InChI is InChI=1S/C19H25N9O2/c20-7-8-24-28-12-4-1-3-11(9-12)25-18-13(17(22)30)10-23-19(27-18)26-16-14(21)5-2-6-15(16)29/h1,3-4,7-10,14-16,20,28-29H,2,5-6,21H2,(H2,22,30)(H2,23,25,26,27). The van der Waals surface area contributed by atoms with Gasteiger partial charge in [0.2, 0.25) is 5.95 Å². The van der Waals surface area contributed by atoms with E-state index in [2.05, 4.69) is 31.1 Å². The number of nitrogens with one attached hydrogen (secondary N) is 4. The van der Waals surface area contributed by atoms with E-state index in [1.165, 1.54) is 12.4 Å². The van der Waals surface area contributed by atoms with E-state index in [0.717, 1.165) is 19.1 Å². The summed E-state index contributed by atoms with van der Waals surface area (Å²) in [5.74, 6) is -0.226. The molecule has 1 aromatic heterocycles. The molecular formula is C19H25N9O2. The molecule has 1 saturated carbocycles. The van der Waals surface area contributed by atoms with E-state index in [1.54, 1.807) is 24.3 Å². The van der Waals surface area contributed by atoms with E-state index in [0.29, 0.717) is 17.8 Å². The molecule has 30 heavy (non-hydrogen) atoms. The molecule has 2 aromatic rings. The first kappa shape index (κ1) is 21.1. The lowest BCUT2D eigenvalue weighted by Crippen LogP contribution is -2.51. The average molecular weight is 411 g/mol. The Hall–Kier alpha value is -3.57. The Kier molecular flexibility index (Phi) is 6.88. The first-order valence-corrected chi connectivity index (χ1v) is 9.50. The molecule has 1 aliphatic rings. The summed E-state index contributed by atoms with van der Waals surface area (Å²) in [6, 6.07) is 6.50. The van der Waals surface area contributed by atoms with Crippen molar-refractivity contribution in [1.29, 1.82) is 5.41 Å². The normalized spacial score (nSPS) is 21.2. The highest BCUT2D eigenvalue weighted by Gasteiger charge is 2.30. The number of hydrogen-bond donors (Lipinski definition) is 7. The second-order valence-corrected chi connectivity index (χ2v) is 6.91. The molecule has 1 fully saturated rings. The summed E-state index contributed by atoms with van der Waals surface area (Å²) in [5.41, 5.74) is 15.8. The van der Waals surface area contributed by atoms with Crippen molar-refractivity contribution in [3.63, 3.8) is 0 Å². The Labute approximate surface area is 173 Å². The molecular weight excluding hydrogens is 386 g/mol. The van der Waals surface area contributed by atoms with Crippen LogP contribution in [0.25, 0.3) is 0 Å². The zero-order chi connectivity index (χ0) is 21.5. The second-order valence-electron chi connectivity index (χ2n) is 6.91. The third kappa shape index (κ3) is 5.27. The molecule has 3 rings (SSSR count). The summed E-state index contributed by atoms with van der Waals surface area (Å²) in [5, 5.41) is 27.2. The van der Waals surface area contributed by atoms with Crippen LogP contribution in [0.3, 0.4) is 0 Å². The summed E-state index contributed by atoms with van der Waals surface area (Å²) in [4.78, 5) is 20.4. The number of aliphatic hydroxyl groups excluding tert-OH is 1. The number of benzene rings is 1. The van der Waals surface area contributed by atoms with Gasteiger partial charge in [-0.3, -0.25) is 10.2 Å². The van der Waals surface area contributed by atoms with Crippen LogP contribution in [-0.2, 0) is 0 Å². The molecule has 1 aliphatic carbocycles. The number of primary amides is 1. The van der Waals surface area contributed by atoms with Crippen LogP contribution in [0.5, 0.6) is 0 Å². The number of hydrogen-bond acceptors (Lipinski definition) is 10. The topological polar surface area (TPSA) is 187 Å². The van der Waals surface area contributed by atoms with Crippen LogP contribution >= 0.6 is 0 Å². The number of amides is 1. The van der Waals surface area contributed by atoms with Crippen LogP contribution in [0.15, 0.2) is 35.6 Å². The third-order valence-electron chi connectivity index (χ3n) is 4.73. The summed E-state index contributed by atoms with van der Waals surface area (Å²) in [6.07, 6.45) is 5.39. The van der Waals surface area contributed by atoms with Gasteiger partial charge in [0.1, 0.15) is 11.4 Å². The minimum absolute atomic E-state index is 0.120. The smallest absolute Gasteiger partial charge is 0.254 e. The molecule has 3 unspecified atom stereocenters. The van der Waals surface area contributed by atoms with Gasteiger partial charge in [-0.15, -0.1) is 0 Å². The lowest BCUT2D eigenvalue weighted by atomic mass is 9.88. The van der Waals surface area contributed by atoms with Gasteiger partial charge in [-0.05, 0) is 37.5 Å². The highest BCUT2D eigenvalue weighted by atomic mass is 16.3. The molecule has 158 valence electrons. The van der Waals surface area contributed by atoms with E-state index >= 15 is 0 Å². The van der Waals surface area contributed by atoms with E-state index < -0.39 is 12.0 Å². The first-order valence-electron chi connectivity index (χ1n) is 9.50. The molecule has 0 radical (unpaired) electrons. The number of rotatable bonds is 8. The maximum atomic E-state index is 11.8. The van der Waals surface area contributed by atoms with Crippen molar-refractivity contribution in [2.24, 2.45) is 16.6 Å². The van der Waals surface area contributed by atoms with Gasteiger partial charge in [-0.2, -0.15) is 10.1 Å². The van der Waals surface area contributed by atoms with Crippen molar-refractivity contribution >= 4 is 41.5 Å². The summed E-state index contributed by atoms with van der Waals surface area (Å²) >= 11 is 0. The lowest BCUT2D eigenvalue weighted by Gasteiger charge is -2.33. The number of hydrazone groups is 1. The Morgan fingerprint density at radius 2 is 2.13 bits per heavy atom. The quantitative estimate of drug-likeness (QED) is 0.247. The minimum Gasteiger partial charge on any atom is -0.391 e. The van der Waals surface area contributed by atoms with Gasteiger partial charge in [0.25, 0.3) is 5.91 Å². The fraction of sp³-hybridized carbons (Fsp3) is 0.316. The van der Waals surface area contributed by atoms with Crippen molar-refractivity contribution in [3.8, 4) is 0 Å². The number of nitrogens with two attached hydrogens (primary N) is 2. The highest BCUT2D eigenvalue weighted by molar-refractivity contribution is 6.14. The van der Waals surface area contributed by atoms with Crippen LogP contribution < -0.4 is 27.5 Å². The van der Waals surface area contributed by atoms with Crippen LogP contribution in [0.4, 0.5) is 23.1 Å². The van der Waals surface area contributed by atoms with Gasteiger partial charge in [0.05, 0.1) is 24.0 Å². The second kappa shape index (κ2) is 9.76. The predicted octanol–water partition coefficient (Wildman–Crippen LogP) is 1.02. The van der Waals surface area contributed by atoms with Gasteiger partial charge in [0, 0.05) is 24.1 Å². The van der Waals surface area contributed by atoms with Gasteiger partial charge >= 0.3 is 0 Å². The number of anilines is 4. The van der Waals surface area contributed by atoms with Crippen molar-refractivity contribution in [3.05, 3.63) is 36.0 Å². The molecule has 0 bridgehead atoms. The molecule has 11 heteroatoms. The zero-order valence-electron chi connectivity index (χ0n) is 16.2. The lowest BCUT2D eigenvalue weighted by molar-refractivity contribution is 0.0999. The summed E-state index contributed by atoms with van der Waals surface area (Å²) in [7, 11) is 0. The van der Waals surface area contributed by atoms with Crippen molar-refractivity contribution in [2.45, 2.75) is 37.5 Å². The molecule has 0 saturated heterocycles. The van der Waals surface area contributed by atoms with Crippen molar-refractivity contribution < 1.29 is 9.90 Å². The maximum Gasteiger partial charge on any atom is 0.254 e. The monoisotopic (exact) mass is 411 g/mol. The Morgan fingerprint density at radius 3 is 2.87 bits per heavy atom. The summed E-state index contributed by atoms with van der Waals surface area (Å²) < 4.78 is 0. The highest BCUT2D eigenvalue weighted by Crippen LogP contribution is 2.24. The Balaban J connectivity index is 1.83. The van der Waals surface area contributed by atoms with Gasteiger partial charge < -0.3 is 32.6 Å². The molecule has 9 N–H and O–H groups in total. The van der Waals surface area contributed by atoms with Gasteiger partial charge in [0.15, 0.2) is 0 Å². The minimum atomic E-state index is -0.677. The van der Waals surface area contributed by atoms with E-state index in [4.69, 9.17) is 16.9 Å².